The third-order valence-corrected chi connectivity index (χ3v) is 3.84. The Kier molecular flexibility index (Phi) is 3.42. The molecular weight excluding hydrogens is 174 g/mol. The van der Waals surface area contributed by atoms with Gasteiger partial charge in [0.2, 0.25) is 0 Å². The van der Waals surface area contributed by atoms with E-state index in [1.165, 1.54) is 45.6 Å². The lowest BCUT2D eigenvalue weighted by molar-refractivity contribution is 0.0221. The Bertz CT molecular complexity index is 169. The molecule has 3 nitrogen and oxygen atoms in total. The first-order valence-electron chi connectivity index (χ1n) is 5.97. The highest BCUT2D eigenvalue weighted by Gasteiger charge is 2.32. The summed E-state index contributed by atoms with van der Waals surface area (Å²) in [5, 5.41) is 3.38. The smallest absolute Gasteiger partial charge is 0.0350 e. The normalized spacial score (nSPS) is 27.9. The summed E-state index contributed by atoms with van der Waals surface area (Å²) in [7, 11) is 2.09. The third-order valence-electron chi connectivity index (χ3n) is 3.84. The Morgan fingerprint density at radius 2 is 1.86 bits per heavy atom. The second kappa shape index (κ2) is 4.60. The van der Waals surface area contributed by atoms with Gasteiger partial charge in [0, 0.05) is 38.3 Å². The van der Waals surface area contributed by atoms with Gasteiger partial charge in [-0.25, -0.2) is 0 Å². The molecule has 14 heavy (non-hydrogen) atoms. The lowest BCUT2D eigenvalue weighted by atomic mass is 10.00. The maximum absolute atomic E-state index is 3.38. The van der Waals surface area contributed by atoms with Gasteiger partial charge in [0.15, 0.2) is 0 Å². The second-order valence-corrected chi connectivity index (χ2v) is 4.60. The molecule has 0 aliphatic carbocycles. The van der Waals surface area contributed by atoms with Crippen LogP contribution in [0.5, 0.6) is 0 Å². The zero-order valence-electron chi connectivity index (χ0n) is 9.50. The molecule has 0 unspecified atom stereocenters. The fourth-order valence-corrected chi connectivity index (χ4v) is 2.59. The van der Waals surface area contributed by atoms with E-state index in [1.807, 2.05) is 0 Å². The van der Waals surface area contributed by atoms with Gasteiger partial charge in [0.05, 0.1) is 0 Å². The Morgan fingerprint density at radius 1 is 1.21 bits per heavy atom. The molecule has 3 heteroatoms. The van der Waals surface area contributed by atoms with Crippen molar-refractivity contribution in [2.24, 2.45) is 0 Å². The van der Waals surface area contributed by atoms with Crippen LogP contribution in [0, 0.1) is 0 Å². The van der Waals surface area contributed by atoms with Gasteiger partial charge in [-0.1, -0.05) is 6.92 Å². The number of piperidine rings is 1. The van der Waals surface area contributed by atoms with Gasteiger partial charge >= 0.3 is 0 Å². The molecule has 0 atom stereocenters. The van der Waals surface area contributed by atoms with E-state index in [1.54, 1.807) is 0 Å². The zero-order valence-corrected chi connectivity index (χ0v) is 9.50. The largest absolute Gasteiger partial charge is 0.317 e. The molecule has 2 heterocycles. The fraction of sp³-hybridized carbons (Fsp3) is 1.00. The lowest BCUT2D eigenvalue weighted by Gasteiger charge is -2.47. The number of likely N-dealkylation sites (tertiary alicyclic amines) is 2. The van der Waals surface area contributed by atoms with Crippen LogP contribution < -0.4 is 5.32 Å². The van der Waals surface area contributed by atoms with E-state index in [0.29, 0.717) is 0 Å². The van der Waals surface area contributed by atoms with Crippen molar-refractivity contribution in [3.63, 3.8) is 0 Å². The molecule has 0 amide bonds. The van der Waals surface area contributed by atoms with Crippen LogP contribution >= 0.6 is 0 Å². The highest BCUT2D eigenvalue weighted by Crippen LogP contribution is 2.19. The van der Waals surface area contributed by atoms with E-state index >= 15 is 0 Å². The minimum Gasteiger partial charge on any atom is -0.317 e. The molecule has 0 aromatic carbocycles. The zero-order chi connectivity index (χ0) is 9.97. The number of nitrogens with one attached hydrogen (secondary N) is 1. The predicted molar refractivity (Wildman–Crippen MR) is 59.6 cm³/mol. The summed E-state index contributed by atoms with van der Waals surface area (Å²) in [6.45, 7) is 8.69. The SMILES string of the molecule is CCN1CC(N2CCC(NC)CC2)C1. The molecule has 2 aliphatic rings. The number of nitrogens with zero attached hydrogens (tertiary/aromatic N) is 2. The molecule has 2 fully saturated rings. The van der Waals surface area contributed by atoms with Crippen molar-refractivity contribution in [1.29, 1.82) is 0 Å². The summed E-state index contributed by atoms with van der Waals surface area (Å²) in [6.07, 6.45) is 2.66. The highest BCUT2D eigenvalue weighted by molar-refractivity contribution is 4.90. The maximum atomic E-state index is 3.38. The lowest BCUT2D eigenvalue weighted by Crippen LogP contribution is -2.61. The Labute approximate surface area is 87.4 Å². The summed E-state index contributed by atoms with van der Waals surface area (Å²) in [4.78, 5) is 5.20. The molecule has 0 saturated carbocycles. The molecule has 2 aliphatic heterocycles. The minimum atomic E-state index is 0.772. The molecule has 82 valence electrons. The molecule has 0 aromatic rings. The summed E-state index contributed by atoms with van der Waals surface area (Å²) in [5.41, 5.74) is 0. The molecule has 0 aromatic heterocycles. The van der Waals surface area contributed by atoms with Crippen LogP contribution in [0.4, 0.5) is 0 Å². The van der Waals surface area contributed by atoms with Crippen LogP contribution in [0.1, 0.15) is 19.8 Å². The number of likely N-dealkylation sites (N-methyl/N-ethyl adjacent to an activating group) is 1. The first-order valence-corrected chi connectivity index (χ1v) is 5.97. The number of rotatable bonds is 3. The van der Waals surface area contributed by atoms with E-state index in [0.717, 1.165) is 12.1 Å². The van der Waals surface area contributed by atoms with Crippen molar-refractivity contribution < 1.29 is 0 Å². The van der Waals surface area contributed by atoms with E-state index < -0.39 is 0 Å². The Hall–Kier alpha value is -0.120. The van der Waals surface area contributed by atoms with Crippen LogP contribution in [0.15, 0.2) is 0 Å². The Balaban J connectivity index is 1.69. The molecule has 0 radical (unpaired) electrons. The molecule has 0 bridgehead atoms. The van der Waals surface area contributed by atoms with E-state index in [-0.39, 0.29) is 0 Å². The number of hydrogen-bond acceptors (Lipinski definition) is 3. The van der Waals surface area contributed by atoms with Crippen molar-refractivity contribution in [3.8, 4) is 0 Å². The van der Waals surface area contributed by atoms with Gasteiger partial charge in [-0.3, -0.25) is 4.90 Å². The van der Waals surface area contributed by atoms with Gasteiger partial charge in [0.25, 0.3) is 0 Å². The van der Waals surface area contributed by atoms with Crippen molar-refractivity contribution in [2.75, 3.05) is 39.8 Å². The average molecular weight is 197 g/mol. The molecule has 1 N–H and O–H groups in total. The van der Waals surface area contributed by atoms with E-state index in [4.69, 9.17) is 0 Å². The van der Waals surface area contributed by atoms with Gasteiger partial charge in [-0.2, -0.15) is 0 Å². The standard InChI is InChI=1S/C11H23N3/c1-3-13-8-11(9-13)14-6-4-10(12-2)5-7-14/h10-12H,3-9H2,1-2H3. The summed E-state index contributed by atoms with van der Waals surface area (Å²) < 4.78 is 0. The van der Waals surface area contributed by atoms with Gasteiger partial charge in [-0.15, -0.1) is 0 Å². The first-order chi connectivity index (χ1) is 6.83. The summed E-state index contributed by atoms with van der Waals surface area (Å²) in [6, 6.07) is 1.64. The van der Waals surface area contributed by atoms with Gasteiger partial charge in [0.1, 0.15) is 0 Å². The van der Waals surface area contributed by atoms with Gasteiger partial charge < -0.3 is 10.2 Å². The van der Waals surface area contributed by atoms with Crippen LogP contribution in [0.3, 0.4) is 0 Å². The maximum Gasteiger partial charge on any atom is 0.0350 e. The fourth-order valence-electron chi connectivity index (χ4n) is 2.59. The topological polar surface area (TPSA) is 18.5 Å². The summed E-state index contributed by atoms with van der Waals surface area (Å²) >= 11 is 0. The van der Waals surface area contributed by atoms with Crippen LogP contribution in [0.2, 0.25) is 0 Å². The van der Waals surface area contributed by atoms with Crippen molar-refractivity contribution in [3.05, 3.63) is 0 Å². The summed E-state index contributed by atoms with van der Waals surface area (Å²) in [5.74, 6) is 0. The van der Waals surface area contributed by atoms with Crippen LogP contribution in [-0.2, 0) is 0 Å². The van der Waals surface area contributed by atoms with E-state index in [9.17, 15) is 0 Å². The molecular formula is C11H23N3. The minimum absolute atomic E-state index is 0.772. The molecule has 0 spiro atoms. The Morgan fingerprint density at radius 3 is 2.36 bits per heavy atom. The first kappa shape index (κ1) is 10.4. The number of hydrogen-bond donors (Lipinski definition) is 1. The molecule has 2 saturated heterocycles. The van der Waals surface area contributed by atoms with Crippen LogP contribution in [-0.4, -0.2) is 61.7 Å². The van der Waals surface area contributed by atoms with E-state index in [2.05, 4.69) is 29.1 Å². The average Bonchev–Trinajstić information content (AvgIpc) is 2.17. The van der Waals surface area contributed by atoms with Gasteiger partial charge in [-0.05, 0) is 26.4 Å². The van der Waals surface area contributed by atoms with Crippen molar-refractivity contribution in [2.45, 2.75) is 31.8 Å². The van der Waals surface area contributed by atoms with Crippen molar-refractivity contribution >= 4 is 0 Å². The third kappa shape index (κ3) is 2.10. The monoisotopic (exact) mass is 197 g/mol. The quantitative estimate of drug-likeness (QED) is 0.705. The highest BCUT2D eigenvalue weighted by atomic mass is 15.3. The van der Waals surface area contributed by atoms with Crippen molar-refractivity contribution in [1.82, 2.24) is 15.1 Å². The molecule has 2 rings (SSSR count). The predicted octanol–water partition coefficient (Wildman–Crippen LogP) is 0.374. The second-order valence-electron chi connectivity index (χ2n) is 4.60. The van der Waals surface area contributed by atoms with Crippen LogP contribution in [0.25, 0.3) is 0 Å².